The van der Waals surface area contributed by atoms with Gasteiger partial charge in [0.2, 0.25) is 5.91 Å². The first-order valence-corrected chi connectivity index (χ1v) is 9.84. The van der Waals surface area contributed by atoms with Crippen LogP contribution in [0.4, 0.5) is 5.82 Å². The molecule has 1 aromatic heterocycles. The van der Waals surface area contributed by atoms with Crippen molar-refractivity contribution >= 4 is 23.9 Å². The van der Waals surface area contributed by atoms with E-state index in [-0.39, 0.29) is 34.7 Å². The third-order valence-electron chi connectivity index (χ3n) is 5.02. The van der Waals surface area contributed by atoms with Crippen molar-refractivity contribution in [3.8, 4) is 0 Å². The van der Waals surface area contributed by atoms with Gasteiger partial charge in [-0.25, -0.2) is 9.48 Å². The maximum atomic E-state index is 13.2. The molecule has 1 heterocycles. The summed E-state index contributed by atoms with van der Waals surface area (Å²) < 4.78 is 1.50. The number of carboxylic acids is 1. The monoisotopic (exact) mass is 375 g/mol. The Labute approximate surface area is 162 Å². The van der Waals surface area contributed by atoms with Crippen LogP contribution < -0.4 is 4.90 Å². The van der Waals surface area contributed by atoms with E-state index in [0.717, 1.165) is 25.7 Å². The van der Waals surface area contributed by atoms with Gasteiger partial charge in [0.05, 0.1) is 0 Å². The molecule has 1 fully saturated rings. The van der Waals surface area contributed by atoms with E-state index in [2.05, 4.69) is 32.8 Å². The number of hydrogen-bond acceptors (Lipinski definition) is 3. The highest BCUT2D eigenvalue weighted by atomic mass is 16.4. The lowest BCUT2D eigenvalue weighted by molar-refractivity contribution is -0.123. The van der Waals surface area contributed by atoms with Crippen LogP contribution in [0, 0.1) is 17.3 Å². The zero-order valence-corrected chi connectivity index (χ0v) is 17.4. The summed E-state index contributed by atoms with van der Waals surface area (Å²) in [6.45, 7) is 12.2. The van der Waals surface area contributed by atoms with Crippen molar-refractivity contribution in [2.45, 2.75) is 73.3 Å². The molecule has 0 aliphatic heterocycles. The van der Waals surface area contributed by atoms with E-state index in [1.165, 1.54) is 10.9 Å². The van der Waals surface area contributed by atoms with Gasteiger partial charge in [-0.15, -0.1) is 5.10 Å². The molecule has 1 saturated carbocycles. The molecule has 0 spiro atoms. The highest BCUT2D eigenvalue weighted by Gasteiger charge is 2.33. The van der Waals surface area contributed by atoms with Gasteiger partial charge < -0.3 is 5.11 Å². The number of carboxylic acid groups (broad SMARTS) is 1. The predicted molar refractivity (Wildman–Crippen MR) is 108 cm³/mol. The maximum absolute atomic E-state index is 13.2. The van der Waals surface area contributed by atoms with Crippen LogP contribution in [-0.2, 0) is 4.79 Å². The summed E-state index contributed by atoms with van der Waals surface area (Å²) in [7, 11) is 0. The molecule has 0 saturated heterocycles. The summed E-state index contributed by atoms with van der Waals surface area (Å²) in [5.41, 5.74) is 0.00163. The van der Waals surface area contributed by atoms with E-state index in [0.29, 0.717) is 5.92 Å². The Bertz CT molecular complexity index is 705. The zero-order valence-electron chi connectivity index (χ0n) is 17.4. The normalized spacial score (nSPS) is 21.0. The van der Waals surface area contributed by atoms with Crippen LogP contribution >= 0.6 is 0 Å². The van der Waals surface area contributed by atoms with Gasteiger partial charge in [-0.1, -0.05) is 33.8 Å². The molecule has 27 heavy (non-hydrogen) atoms. The summed E-state index contributed by atoms with van der Waals surface area (Å²) in [5.74, 6) is -0.251. The molecule has 2 rings (SSSR count). The van der Waals surface area contributed by atoms with Crippen molar-refractivity contribution in [2.24, 2.45) is 17.3 Å². The Morgan fingerprint density at radius 2 is 1.85 bits per heavy atom. The molecular weight excluding hydrogens is 342 g/mol. The molecule has 1 aliphatic rings. The van der Waals surface area contributed by atoms with Crippen molar-refractivity contribution in [1.29, 1.82) is 0 Å². The number of aromatic carboxylic acids is 1. The quantitative estimate of drug-likeness (QED) is 0.812. The molecule has 0 unspecified atom stereocenters. The number of carbonyl (C=O) groups excluding carboxylic acids is 1. The van der Waals surface area contributed by atoms with Crippen molar-refractivity contribution in [2.75, 3.05) is 4.90 Å². The number of anilines is 1. The standard InChI is InChI=1S/C21H33N3O3/c1-14(2)24(19(25)16-9-7-15(3)8-10-16)18-17(20(26)27)13-23(22-18)12-11-21(4,5)6/h11-16H,7-10H2,1-6H3,(H,26,27)/t15-,16-. The minimum Gasteiger partial charge on any atom is -0.477 e. The number of nitrogens with zero attached hydrogens (tertiary/aromatic N) is 3. The second-order valence-electron chi connectivity index (χ2n) is 9.09. The van der Waals surface area contributed by atoms with Crippen LogP contribution in [0.5, 0.6) is 0 Å². The van der Waals surface area contributed by atoms with E-state index >= 15 is 0 Å². The molecule has 6 heteroatoms. The third kappa shape index (κ3) is 5.44. The highest BCUT2D eigenvalue weighted by Crippen LogP contribution is 2.32. The van der Waals surface area contributed by atoms with E-state index in [4.69, 9.17) is 0 Å². The van der Waals surface area contributed by atoms with Crippen LogP contribution in [-0.4, -0.2) is 32.8 Å². The second kappa shape index (κ2) is 8.28. The molecule has 0 bridgehead atoms. The smallest absolute Gasteiger partial charge is 0.341 e. The van der Waals surface area contributed by atoms with Gasteiger partial charge in [0.1, 0.15) is 5.56 Å². The number of rotatable bonds is 5. The van der Waals surface area contributed by atoms with Crippen molar-refractivity contribution < 1.29 is 14.7 Å². The number of carbonyl (C=O) groups is 2. The minimum atomic E-state index is -1.07. The average Bonchev–Trinajstić information content (AvgIpc) is 2.97. The van der Waals surface area contributed by atoms with E-state index in [1.807, 2.05) is 19.9 Å². The fourth-order valence-electron chi connectivity index (χ4n) is 3.39. The van der Waals surface area contributed by atoms with Gasteiger partial charge in [0, 0.05) is 24.4 Å². The highest BCUT2D eigenvalue weighted by molar-refractivity contribution is 6.01. The van der Waals surface area contributed by atoms with Gasteiger partial charge >= 0.3 is 5.97 Å². The molecule has 0 aromatic carbocycles. The van der Waals surface area contributed by atoms with Gasteiger partial charge in [-0.2, -0.15) is 0 Å². The maximum Gasteiger partial charge on any atom is 0.341 e. The Morgan fingerprint density at radius 1 is 1.26 bits per heavy atom. The lowest BCUT2D eigenvalue weighted by Crippen LogP contribution is -2.43. The van der Waals surface area contributed by atoms with Crippen molar-refractivity contribution in [3.63, 3.8) is 0 Å². The first-order chi connectivity index (χ1) is 12.5. The average molecular weight is 376 g/mol. The molecule has 1 aliphatic carbocycles. The van der Waals surface area contributed by atoms with Gasteiger partial charge in [-0.05, 0) is 50.9 Å². The van der Waals surface area contributed by atoms with E-state index in [1.54, 1.807) is 11.1 Å². The molecule has 150 valence electrons. The number of aromatic nitrogens is 2. The summed E-state index contributed by atoms with van der Waals surface area (Å²) >= 11 is 0. The fraction of sp³-hybridized carbons (Fsp3) is 0.667. The van der Waals surface area contributed by atoms with Crippen LogP contribution in [0.1, 0.15) is 77.6 Å². The fourth-order valence-corrected chi connectivity index (χ4v) is 3.39. The van der Waals surface area contributed by atoms with Crippen LogP contribution in [0.15, 0.2) is 12.3 Å². The molecule has 6 nitrogen and oxygen atoms in total. The van der Waals surface area contributed by atoms with Crippen LogP contribution in [0.3, 0.4) is 0 Å². The molecule has 0 atom stereocenters. The minimum absolute atomic E-state index is 0.00977. The van der Waals surface area contributed by atoms with Crippen LogP contribution in [0.25, 0.3) is 6.20 Å². The van der Waals surface area contributed by atoms with Crippen LogP contribution in [0.2, 0.25) is 0 Å². The Kier molecular flexibility index (Phi) is 6.50. The zero-order chi connectivity index (χ0) is 20.4. The molecule has 1 aromatic rings. The Morgan fingerprint density at radius 3 is 2.33 bits per heavy atom. The summed E-state index contributed by atoms with van der Waals surface area (Å²) in [4.78, 5) is 26.6. The lowest BCUT2D eigenvalue weighted by Gasteiger charge is -2.32. The topological polar surface area (TPSA) is 75.4 Å². The van der Waals surface area contributed by atoms with E-state index in [9.17, 15) is 14.7 Å². The van der Waals surface area contributed by atoms with Gasteiger partial charge in [0.15, 0.2) is 5.82 Å². The van der Waals surface area contributed by atoms with Crippen molar-refractivity contribution in [3.05, 3.63) is 17.8 Å². The van der Waals surface area contributed by atoms with Gasteiger partial charge in [-0.3, -0.25) is 9.69 Å². The summed E-state index contributed by atoms with van der Waals surface area (Å²) in [6.07, 6.45) is 8.98. The first-order valence-electron chi connectivity index (χ1n) is 9.84. The molecular formula is C21H33N3O3. The number of amides is 1. The molecule has 1 N–H and O–H groups in total. The molecule has 0 radical (unpaired) electrons. The van der Waals surface area contributed by atoms with E-state index < -0.39 is 5.97 Å². The third-order valence-corrected chi connectivity index (χ3v) is 5.02. The van der Waals surface area contributed by atoms with Gasteiger partial charge in [0.25, 0.3) is 0 Å². The number of allylic oxidation sites excluding steroid dienone is 1. The lowest BCUT2D eigenvalue weighted by atomic mass is 9.82. The predicted octanol–water partition coefficient (Wildman–Crippen LogP) is 4.67. The molecule has 1 amide bonds. The SMILES string of the molecule is CC(C)N(c1nn(C=CC(C)(C)C)cc1C(=O)O)C(=O)[C@H]1CC[C@H](C)CC1. The number of hydrogen-bond donors (Lipinski definition) is 1. The summed E-state index contributed by atoms with van der Waals surface area (Å²) in [5, 5.41) is 14.1. The largest absolute Gasteiger partial charge is 0.477 e. The Hall–Kier alpha value is -2.11. The Balaban J connectivity index is 2.38. The summed E-state index contributed by atoms with van der Waals surface area (Å²) in [6, 6.07) is -0.162. The second-order valence-corrected chi connectivity index (χ2v) is 9.09. The van der Waals surface area contributed by atoms with Crippen molar-refractivity contribution in [1.82, 2.24) is 9.78 Å². The first kappa shape index (κ1) is 21.2.